The zero-order valence-electron chi connectivity index (χ0n) is 8.12. The molecule has 1 atom stereocenters. The Morgan fingerprint density at radius 3 is 3.08 bits per heavy atom. The molecule has 0 bridgehead atoms. The molecule has 0 saturated carbocycles. The molecular weight excluding hydrogens is 176 g/mol. The van der Waals surface area contributed by atoms with Crippen LogP contribution in [-0.4, -0.2) is 5.25 Å². The topological polar surface area (TPSA) is 0 Å². The van der Waals surface area contributed by atoms with Crippen molar-refractivity contribution in [3.63, 3.8) is 0 Å². The smallest absolute Gasteiger partial charge is 0.0283 e. The molecule has 1 heteroatoms. The van der Waals surface area contributed by atoms with E-state index in [2.05, 4.69) is 31.2 Å². The van der Waals surface area contributed by atoms with Crippen LogP contribution in [0.3, 0.4) is 0 Å². The second-order valence-electron chi connectivity index (χ2n) is 3.66. The first-order valence-corrected chi connectivity index (χ1v) is 6.05. The van der Waals surface area contributed by atoms with Crippen LogP contribution in [0.4, 0.5) is 0 Å². The summed E-state index contributed by atoms with van der Waals surface area (Å²) in [4.78, 5) is 1.49. The maximum Gasteiger partial charge on any atom is 0.0283 e. The van der Waals surface area contributed by atoms with Crippen LogP contribution in [0.5, 0.6) is 0 Å². The van der Waals surface area contributed by atoms with Crippen molar-refractivity contribution in [3.05, 3.63) is 34.8 Å². The van der Waals surface area contributed by atoms with E-state index in [1.807, 2.05) is 11.8 Å². The lowest BCUT2D eigenvalue weighted by Crippen LogP contribution is -1.93. The van der Waals surface area contributed by atoms with E-state index >= 15 is 0 Å². The summed E-state index contributed by atoms with van der Waals surface area (Å²) in [6.07, 6.45) is 14.5. The molecule has 0 aromatic carbocycles. The maximum atomic E-state index is 2.43. The van der Waals surface area contributed by atoms with Gasteiger partial charge >= 0.3 is 0 Å². The molecule has 0 fully saturated rings. The van der Waals surface area contributed by atoms with Crippen LogP contribution in [0.25, 0.3) is 0 Å². The second kappa shape index (κ2) is 4.19. The highest BCUT2D eigenvalue weighted by Crippen LogP contribution is 2.41. The Hall–Kier alpha value is -0.430. The van der Waals surface area contributed by atoms with Gasteiger partial charge in [-0.25, -0.2) is 0 Å². The third kappa shape index (κ3) is 2.08. The third-order valence-corrected chi connectivity index (χ3v) is 3.84. The Bertz CT molecular complexity index is 271. The van der Waals surface area contributed by atoms with Gasteiger partial charge in [0.2, 0.25) is 0 Å². The van der Waals surface area contributed by atoms with Crippen molar-refractivity contribution in [3.8, 4) is 0 Å². The SMILES string of the molecule is CCCCCC1C=C2C=CC=C2S1. The molecule has 13 heavy (non-hydrogen) atoms. The van der Waals surface area contributed by atoms with Crippen LogP contribution in [0.1, 0.15) is 32.6 Å². The Balaban J connectivity index is 1.82. The zero-order chi connectivity index (χ0) is 9.10. The lowest BCUT2D eigenvalue weighted by atomic mass is 10.1. The van der Waals surface area contributed by atoms with Crippen molar-refractivity contribution in [2.24, 2.45) is 0 Å². The van der Waals surface area contributed by atoms with Crippen LogP contribution < -0.4 is 0 Å². The Labute approximate surface area is 84.8 Å². The van der Waals surface area contributed by atoms with Crippen LogP contribution in [0.2, 0.25) is 0 Å². The minimum Gasteiger partial charge on any atom is -0.118 e. The molecule has 0 N–H and O–H groups in total. The molecule has 1 heterocycles. The molecule has 2 rings (SSSR count). The number of allylic oxidation sites excluding steroid dienone is 4. The third-order valence-electron chi connectivity index (χ3n) is 2.54. The van der Waals surface area contributed by atoms with Gasteiger partial charge < -0.3 is 0 Å². The first-order valence-electron chi connectivity index (χ1n) is 5.17. The molecule has 0 saturated heterocycles. The lowest BCUT2D eigenvalue weighted by molar-refractivity contribution is 0.682. The van der Waals surface area contributed by atoms with Gasteiger partial charge in [0.05, 0.1) is 0 Å². The molecular formula is C12H16S. The summed E-state index contributed by atoms with van der Waals surface area (Å²) in [5.74, 6) is 0. The fraction of sp³-hybridized carbons (Fsp3) is 0.500. The molecule has 0 amide bonds. The van der Waals surface area contributed by atoms with E-state index in [1.54, 1.807) is 0 Å². The van der Waals surface area contributed by atoms with Gasteiger partial charge in [0.25, 0.3) is 0 Å². The van der Waals surface area contributed by atoms with E-state index in [-0.39, 0.29) is 0 Å². The van der Waals surface area contributed by atoms with E-state index < -0.39 is 0 Å². The fourth-order valence-electron chi connectivity index (χ4n) is 1.80. The molecule has 70 valence electrons. The summed E-state index contributed by atoms with van der Waals surface area (Å²) in [5.41, 5.74) is 1.46. The number of rotatable bonds is 4. The van der Waals surface area contributed by atoms with E-state index in [1.165, 1.54) is 36.2 Å². The fourth-order valence-corrected chi connectivity index (χ4v) is 3.05. The maximum absolute atomic E-state index is 2.43. The minimum atomic E-state index is 0.762. The van der Waals surface area contributed by atoms with Gasteiger partial charge in [-0.1, -0.05) is 44.4 Å². The van der Waals surface area contributed by atoms with Gasteiger partial charge in [-0.05, 0) is 18.1 Å². The monoisotopic (exact) mass is 192 g/mol. The average Bonchev–Trinajstić information content (AvgIpc) is 2.64. The van der Waals surface area contributed by atoms with E-state index in [4.69, 9.17) is 0 Å². The van der Waals surface area contributed by atoms with Gasteiger partial charge in [0, 0.05) is 10.2 Å². The summed E-state index contributed by atoms with van der Waals surface area (Å²) < 4.78 is 0. The first-order chi connectivity index (χ1) is 6.40. The average molecular weight is 192 g/mol. The summed E-state index contributed by atoms with van der Waals surface area (Å²) in [6, 6.07) is 0. The minimum absolute atomic E-state index is 0.762. The highest BCUT2D eigenvalue weighted by molar-refractivity contribution is 8.04. The molecule has 1 aliphatic heterocycles. The van der Waals surface area contributed by atoms with Gasteiger partial charge in [0.15, 0.2) is 0 Å². The molecule has 1 unspecified atom stereocenters. The summed E-state index contributed by atoms with van der Waals surface area (Å²) in [5, 5.41) is 0.762. The normalized spacial score (nSPS) is 24.5. The first kappa shape index (κ1) is 9.14. The molecule has 0 aromatic rings. The van der Waals surface area contributed by atoms with E-state index in [0.29, 0.717) is 0 Å². The molecule has 0 spiro atoms. The Morgan fingerprint density at radius 2 is 2.31 bits per heavy atom. The van der Waals surface area contributed by atoms with E-state index in [9.17, 15) is 0 Å². The number of unbranched alkanes of at least 4 members (excludes halogenated alkanes) is 2. The van der Waals surface area contributed by atoms with Crippen molar-refractivity contribution in [2.75, 3.05) is 0 Å². The number of fused-ring (bicyclic) bond motifs is 1. The summed E-state index contributed by atoms with van der Waals surface area (Å²) >= 11 is 2.04. The highest BCUT2D eigenvalue weighted by atomic mass is 32.2. The van der Waals surface area contributed by atoms with Crippen LogP contribution >= 0.6 is 11.8 Å². The second-order valence-corrected chi connectivity index (χ2v) is 4.95. The van der Waals surface area contributed by atoms with Gasteiger partial charge in [-0.15, -0.1) is 11.8 Å². The quantitative estimate of drug-likeness (QED) is 0.605. The van der Waals surface area contributed by atoms with Crippen molar-refractivity contribution in [1.82, 2.24) is 0 Å². The van der Waals surface area contributed by atoms with E-state index in [0.717, 1.165) is 5.25 Å². The largest absolute Gasteiger partial charge is 0.118 e. The van der Waals surface area contributed by atoms with Crippen LogP contribution in [-0.2, 0) is 0 Å². The molecule has 0 radical (unpaired) electrons. The standard InChI is InChI=1S/C12H16S/c1-2-3-4-7-11-9-10-6-5-8-12(10)13-11/h5-6,8-9,11H,2-4,7H2,1H3. The van der Waals surface area contributed by atoms with Gasteiger partial charge in [0.1, 0.15) is 0 Å². The summed E-state index contributed by atoms with van der Waals surface area (Å²) in [6.45, 7) is 2.26. The lowest BCUT2D eigenvalue weighted by Gasteiger charge is -2.05. The molecule has 1 aliphatic carbocycles. The van der Waals surface area contributed by atoms with Crippen molar-refractivity contribution in [1.29, 1.82) is 0 Å². The molecule has 0 aromatic heterocycles. The Kier molecular flexibility index (Phi) is 2.94. The predicted octanol–water partition coefficient (Wildman–Crippen LogP) is 4.06. The number of thioether (sulfide) groups is 1. The highest BCUT2D eigenvalue weighted by Gasteiger charge is 2.20. The van der Waals surface area contributed by atoms with Crippen LogP contribution in [0, 0.1) is 0 Å². The van der Waals surface area contributed by atoms with Gasteiger partial charge in [-0.2, -0.15) is 0 Å². The van der Waals surface area contributed by atoms with Crippen molar-refractivity contribution < 1.29 is 0 Å². The predicted molar refractivity (Wildman–Crippen MR) is 60.8 cm³/mol. The van der Waals surface area contributed by atoms with Crippen molar-refractivity contribution >= 4 is 11.8 Å². The Morgan fingerprint density at radius 1 is 1.38 bits per heavy atom. The van der Waals surface area contributed by atoms with Gasteiger partial charge in [-0.3, -0.25) is 0 Å². The zero-order valence-corrected chi connectivity index (χ0v) is 8.94. The number of hydrogen-bond acceptors (Lipinski definition) is 1. The van der Waals surface area contributed by atoms with Crippen molar-refractivity contribution in [2.45, 2.75) is 37.9 Å². The number of hydrogen-bond donors (Lipinski definition) is 0. The summed E-state index contributed by atoms with van der Waals surface area (Å²) in [7, 11) is 0. The van der Waals surface area contributed by atoms with Crippen LogP contribution in [0.15, 0.2) is 34.8 Å². The molecule has 2 aliphatic rings. The molecule has 0 nitrogen and oxygen atoms in total.